The summed E-state index contributed by atoms with van der Waals surface area (Å²) >= 11 is 0. The molecule has 1 fully saturated rings. The van der Waals surface area contributed by atoms with Crippen LogP contribution in [0.5, 0.6) is 0 Å². The zero-order valence-corrected chi connectivity index (χ0v) is 12.8. The number of hydrogen-bond acceptors (Lipinski definition) is 5. The Bertz CT molecular complexity index is 574. The number of hydrogen-bond donors (Lipinski definition) is 1. The molecule has 7 heteroatoms. The van der Waals surface area contributed by atoms with Gasteiger partial charge in [0, 0.05) is 24.8 Å². The van der Waals surface area contributed by atoms with Crippen molar-refractivity contribution in [3.05, 3.63) is 30.3 Å². The van der Waals surface area contributed by atoms with E-state index in [-0.39, 0.29) is 6.04 Å². The lowest BCUT2D eigenvalue weighted by Crippen LogP contribution is -2.41. The van der Waals surface area contributed by atoms with Crippen molar-refractivity contribution < 1.29 is 17.9 Å². The Labute approximate surface area is 125 Å². The first-order chi connectivity index (χ1) is 10.0. The molecular weight excluding hydrogens is 292 g/mol. The van der Waals surface area contributed by atoms with Gasteiger partial charge in [0.2, 0.25) is 10.0 Å². The second-order valence-corrected chi connectivity index (χ2v) is 6.82. The molecule has 0 aromatic heterocycles. The van der Waals surface area contributed by atoms with Crippen molar-refractivity contribution in [2.45, 2.75) is 18.9 Å². The molecule has 21 heavy (non-hydrogen) atoms. The highest BCUT2D eigenvalue weighted by atomic mass is 32.2. The van der Waals surface area contributed by atoms with Crippen LogP contribution in [0.3, 0.4) is 0 Å². The molecule has 2 rings (SSSR count). The predicted octanol–water partition coefficient (Wildman–Crippen LogP) is 0.748. The lowest BCUT2D eigenvalue weighted by atomic mass is 10.2. The number of esters is 1. The molecule has 1 aromatic carbocycles. The Balaban J connectivity index is 1.95. The van der Waals surface area contributed by atoms with Crippen molar-refractivity contribution in [2.75, 3.05) is 30.9 Å². The van der Waals surface area contributed by atoms with Crippen LogP contribution in [0.1, 0.15) is 12.8 Å². The van der Waals surface area contributed by atoms with E-state index in [0.29, 0.717) is 6.54 Å². The number of carbonyl (C=O) groups is 1. The van der Waals surface area contributed by atoms with Crippen LogP contribution in [0.25, 0.3) is 0 Å². The third kappa shape index (κ3) is 4.44. The number of nitrogens with zero attached hydrogens (tertiary/aromatic N) is 1. The number of para-hydroxylation sites is 1. The Morgan fingerprint density at radius 3 is 2.76 bits per heavy atom. The minimum atomic E-state index is -3.64. The van der Waals surface area contributed by atoms with Crippen molar-refractivity contribution in [1.29, 1.82) is 0 Å². The number of carbonyl (C=O) groups excluding carboxylic acids is 1. The highest BCUT2D eigenvalue weighted by Crippen LogP contribution is 2.24. The predicted molar refractivity (Wildman–Crippen MR) is 80.6 cm³/mol. The van der Waals surface area contributed by atoms with Gasteiger partial charge in [-0.05, 0) is 25.0 Å². The molecule has 0 amide bonds. The number of ether oxygens (including phenoxy) is 1. The normalized spacial score (nSPS) is 18.7. The minimum absolute atomic E-state index is 0.111. The average molecular weight is 312 g/mol. The first-order valence-corrected chi connectivity index (χ1v) is 8.53. The third-order valence-electron chi connectivity index (χ3n) is 3.54. The molecule has 0 unspecified atom stereocenters. The van der Waals surface area contributed by atoms with E-state index in [1.165, 1.54) is 7.11 Å². The molecule has 0 aliphatic carbocycles. The van der Waals surface area contributed by atoms with Gasteiger partial charge in [-0.3, -0.25) is 4.79 Å². The first-order valence-electron chi connectivity index (χ1n) is 6.87. The van der Waals surface area contributed by atoms with Gasteiger partial charge in [0.15, 0.2) is 5.75 Å². The Morgan fingerprint density at radius 1 is 1.38 bits per heavy atom. The molecule has 1 aromatic rings. The van der Waals surface area contributed by atoms with E-state index in [9.17, 15) is 13.2 Å². The monoisotopic (exact) mass is 312 g/mol. The first kappa shape index (κ1) is 15.8. The van der Waals surface area contributed by atoms with Crippen LogP contribution in [0.4, 0.5) is 5.69 Å². The van der Waals surface area contributed by atoms with Gasteiger partial charge in [0.1, 0.15) is 0 Å². The van der Waals surface area contributed by atoms with E-state index in [1.807, 2.05) is 30.3 Å². The number of anilines is 1. The van der Waals surface area contributed by atoms with E-state index in [0.717, 1.165) is 25.1 Å². The summed E-state index contributed by atoms with van der Waals surface area (Å²) in [6, 6.07) is 10.0. The van der Waals surface area contributed by atoms with Gasteiger partial charge in [-0.2, -0.15) is 0 Å². The topological polar surface area (TPSA) is 75.7 Å². The van der Waals surface area contributed by atoms with Crippen LogP contribution in [0.2, 0.25) is 0 Å². The van der Waals surface area contributed by atoms with E-state index in [2.05, 4.69) is 14.4 Å². The van der Waals surface area contributed by atoms with E-state index < -0.39 is 21.7 Å². The van der Waals surface area contributed by atoms with E-state index in [1.54, 1.807) is 0 Å². The van der Waals surface area contributed by atoms with Crippen molar-refractivity contribution in [2.24, 2.45) is 0 Å². The second kappa shape index (κ2) is 6.91. The van der Waals surface area contributed by atoms with Gasteiger partial charge in [0.25, 0.3) is 0 Å². The molecule has 1 aliphatic rings. The zero-order valence-electron chi connectivity index (χ0n) is 12.0. The second-order valence-electron chi connectivity index (χ2n) is 5.01. The van der Waals surface area contributed by atoms with Gasteiger partial charge in [0.05, 0.1) is 7.11 Å². The van der Waals surface area contributed by atoms with Gasteiger partial charge in [-0.25, -0.2) is 13.1 Å². The Kier molecular flexibility index (Phi) is 5.19. The molecule has 116 valence electrons. The van der Waals surface area contributed by atoms with Crippen LogP contribution in [-0.4, -0.2) is 46.4 Å². The SMILES string of the molecule is COC(=O)CS(=O)(=O)NC[C@@H]1CCCN1c1ccccc1. The highest BCUT2D eigenvalue weighted by molar-refractivity contribution is 7.90. The lowest BCUT2D eigenvalue weighted by molar-refractivity contribution is -0.137. The standard InChI is InChI=1S/C14H20N2O4S/c1-20-14(17)11-21(18,19)15-10-13-8-5-9-16(13)12-6-3-2-4-7-12/h2-4,6-7,13,15H,5,8-11H2,1H3/t13-/m0/s1. The molecule has 0 bridgehead atoms. The molecule has 1 heterocycles. The van der Waals surface area contributed by atoms with Crippen LogP contribution < -0.4 is 9.62 Å². The molecule has 0 saturated carbocycles. The fourth-order valence-corrected chi connectivity index (χ4v) is 3.47. The van der Waals surface area contributed by atoms with Crippen LogP contribution in [-0.2, 0) is 19.6 Å². The quantitative estimate of drug-likeness (QED) is 0.785. The molecular formula is C14H20N2O4S. The summed E-state index contributed by atoms with van der Waals surface area (Å²) in [4.78, 5) is 13.3. The molecule has 0 radical (unpaired) electrons. The molecule has 1 aliphatic heterocycles. The summed E-state index contributed by atoms with van der Waals surface area (Å²) < 4.78 is 30.4. The van der Waals surface area contributed by atoms with E-state index in [4.69, 9.17) is 0 Å². The van der Waals surface area contributed by atoms with Crippen molar-refractivity contribution in [3.63, 3.8) is 0 Å². The smallest absolute Gasteiger partial charge is 0.322 e. The number of benzene rings is 1. The van der Waals surface area contributed by atoms with Crippen molar-refractivity contribution >= 4 is 21.7 Å². The van der Waals surface area contributed by atoms with E-state index >= 15 is 0 Å². The summed E-state index contributed by atoms with van der Waals surface area (Å²) in [5.41, 5.74) is 1.09. The molecule has 1 N–H and O–H groups in total. The highest BCUT2D eigenvalue weighted by Gasteiger charge is 2.26. The summed E-state index contributed by atoms with van der Waals surface area (Å²) in [6.45, 7) is 1.21. The minimum Gasteiger partial charge on any atom is -0.468 e. The molecule has 0 spiro atoms. The van der Waals surface area contributed by atoms with Crippen molar-refractivity contribution in [1.82, 2.24) is 4.72 Å². The summed E-state index contributed by atoms with van der Waals surface area (Å²) in [6.07, 6.45) is 1.95. The van der Waals surface area contributed by atoms with Gasteiger partial charge in [-0.15, -0.1) is 0 Å². The Morgan fingerprint density at radius 2 is 2.10 bits per heavy atom. The number of rotatable bonds is 6. The van der Waals surface area contributed by atoms with Crippen LogP contribution in [0.15, 0.2) is 30.3 Å². The Hall–Kier alpha value is -1.60. The number of methoxy groups -OCH3 is 1. The molecule has 1 atom stereocenters. The maximum Gasteiger partial charge on any atom is 0.322 e. The van der Waals surface area contributed by atoms with Gasteiger partial charge >= 0.3 is 5.97 Å². The molecule has 6 nitrogen and oxygen atoms in total. The lowest BCUT2D eigenvalue weighted by Gasteiger charge is -2.26. The maximum atomic E-state index is 11.8. The summed E-state index contributed by atoms with van der Waals surface area (Å²) in [5, 5.41) is 0. The third-order valence-corrected chi connectivity index (χ3v) is 4.76. The maximum absolute atomic E-state index is 11.8. The van der Waals surface area contributed by atoms with Gasteiger partial charge < -0.3 is 9.64 Å². The summed E-state index contributed by atoms with van der Waals surface area (Å²) in [5.74, 6) is -1.39. The summed E-state index contributed by atoms with van der Waals surface area (Å²) in [7, 11) is -2.46. The number of nitrogens with one attached hydrogen (secondary N) is 1. The zero-order chi connectivity index (χ0) is 15.3. The largest absolute Gasteiger partial charge is 0.468 e. The van der Waals surface area contributed by atoms with Gasteiger partial charge in [-0.1, -0.05) is 18.2 Å². The average Bonchev–Trinajstić information content (AvgIpc) is 2.94. The van der Waals surface area contributed by atoms with Crippen LogP contribution in [0, 0.1) is 0 Å². The molecule has 1 saturated heterocycles. The number of sulfonamides is 1. The fraction of sp³-hybridized carbons (Fsp3) is 0.500. The van der Waals surface area contributed by atoms with Crippen LogP contribution >= 0.6 is 0 Å². The van der Waals surface area contributed by atoms with Crippen molar-refractivity contribution in [3.8, 4) is 0 Å². The fourth-order valence-electron chi connectivity index (χ4n) is 2.50.